The quantitative estimate of drug-likeness (QED) is 0.716. The van der Waals surface area contributed by atoms with Crippen LogP contribution in [0.1, 0.15) is 37.8 Å². The highest BCUT2D eigenvalue weighted by Gasteiger charge is 2.35. The Hall–Kier alpha value is -1.08. The zero-order chi connectivity index (χ0) is 11.9. The van der Waals surface area contributed by atoms with E-state index in [0.717, 1.165) is 13.1 Å². The highest BCUT2D eigenvalue weighted by Crippen LogP contribution is 2.48. The average molecular weight is 227 g/mol. The molecule has 0 amide bonds. The summed E-state index contributed by atoms with van der Waals surface area (Å²) in [6.45, 7) is 7.10. The molecule has 90 valence electrons. The number of allylic oxidation sites excluding steroid dienone is 1. The van der Waals surface area contributed by atoms with E-state index < -0.39 is 0 Å². The molecule has 0 unspecified atom stereocenters. The molecule has 17 heavy (non-hydrogen) atoms. The molecular formula is C16H21N. The monoisotopic (exact) mass is 227 g/mol. The topological polar surface area (TPSA) is 12.0 Å². The van der Waals surface area contributed by atoms with Crippen LogP contribution >= 0.6 is 0 Å². The van der Waals surface area contributed by atoms with E-state index in [1.165, 1.54) is 24.8 Å². The Bertz CT molecular complexity index is 460. The van der Waals surface area contributed by atoms with E-state index in [-0.39, 0.29) is 0 Å². The fourth-order valence-corrected chi connectivity index (χ4v) is 3.49. The molecule has 1 aliphatic carbocycles. The Balaban J connectivity index is 2.13. The van der Waals surface area contributed by atoms with Crippen molar-refractivity contribution in [3.05, 3.63) is 41.0 Å². The van der Waals surface area contributed by atoms with Crippen molar-refractivity contribution in [3.8, 4) is 0 Å². The fraction of sp³-hybridized carbons (Fsp3) is 0.500. The van der Waals surface area contributed by atoms with Crippen LogP contribution in [0.4, 0.5) is 0 Å². The van der Waals surface area contributed by atoms with Crippen molar-refractivity contribution < 1.29 is 0 Å². The summed E-state index contributed by atoms with van der Waals surface area (Å²) in [5.74, 6) is 0. The zero-order valence-corrected chi connectivity index (χ0v) is 10.8. The van der Waals surface area contributed by atoms with Crippen LogP contribution in [0.3, 0.4) is 0 Å². The summed E-state index contributed by atoms with van der Waals surface area (Å²) in [6.07, 6.45) is 3.66. The molecule has 1 nitrogen and oxygen atoms in total. The maximum Gasteiger partial charge on any atom is -0.00112 e. The van der Waals surface area contributed by atoms with Crippen LogP contribution in [-0.4, -0.2) is 13.1 Å². The molecule has 2 aliphatic rings. The number of hydrogen-bond acceptors (Lipinski definition) is 1. The highest BCUT2D eigenvalue weighted by molar-refractivity contribution is 5.79. The number of fused-ring (bicyclic) bond motifs is 1. The lowest BCUT2D eigenvalue weighted by molar-refractivity contribution is 0.508. The van der Waals surface area contributed by atoms with Crippen LogP contribution in [0.15, 0.2) is 29.8 Å². The van der Waals surface area contributed by atoms with E-state index in [4.69, 9.17) is 0 Å². The van der Waals surface area contributed by atoms with Gasteiger partial charge in [0.15, 0.2) is 0 Å². The molecule has 1 aromatic carbocycles. The molecule has 1 saturated heterocycles. The van der Waals surface area contributed by atoms with Crippen molar-refractivity contribution in [1.82, 2.24) is 5.32 Å². The van der Waals surface area contributed by atoms with E-state index in [1.807, 2.05) is 0 Å². The summed E-state index contributed by atoms with van der Waals surface area (Å²) in [4.78, 5) is 0. The zero-order valence-electron chi connectivity index (χ0n) is 10.8. The van der Waals surface area contributed by atoms with E-state index in [9.17, 15) is 0 Å². The fourth-order valence-electron chi connectivity index (χ4n) is 3.49. The third kappa shape index (κ3) is 1.83. The first kappa shape index (κ1) is 11.0. The lowest BCUT2D eigenvalue weighted by atomic mass is 9.80. The Morgan fingerprint density at radius 1 is 1.06 bits per heavy atom. The SMILES string of the molecule is CC1(C)Cc2ccccc2C1=C1CCNCC1. The lowest BCUT2D eigenvalue weighted by Crippen LogP contribution is -2.25. The Morgan fingerprint density at radius 2 is 1.76 bits per heavy atom. The minimum atomic E-state index is 0.330. The first-order chi connectivity index (χ1) is 8.18. The third-order valence-corrected chi connectivity index (χ3v) is 4.16. The van der Waals surface area contributed by atoms with Crippen LogP contribution in [0.2, 0.25) is 0 Å². The van der Waals surface area contributed by atoms with Gasteiger partial charge in [-0.15, -0.1) is 0 Å². The second-order valence-electron chi connectivity index (χ2n) is 5.95. The molecule has 1 aliphatic heterocycles. The van der Waals surface area contributed by atoms with E-state index in [2.05, 4.69) is 43.4 Å². The van der Waals surface area contributed by atoms with Gasteiger partial charge in [-0.05, 0) is 54.5 Å². The molecule has 0 spiro atoms. The Labute approximate surface area is 104 Å². The third-order valence-electron chi connectivity index (χ3n) is 4.16. The second-order valence-corrected chi connectivity index (χ2v) is 5.95. The summed E-state index contributed by atoms with van der Waals surface area (Å²) < 4.78 is 0. The van der Waals surface area contributed by atoms with Crippen molar-refractivity contribution in [2.75, 3.05) is 13.1 Å². The van der Waals surface area contributed by atoms with Gasteiger partial charge in [-0.3, -0.25) is 0 Å². The van der Waals surface area contributed by atoms with Crippen molar-refractivity contribution in [1.29, 1.82) is 0 Å². The Kier molecular flexibility index (Phi) is 2.59. The predicted octanol–water partition coefficient (Wildman–Crippen LogP) is 3.41. The summed E-state index contributed by atoms with van der Waals surface area (Å²) >= 11 is 0. The number of hydrogen-bond donors (Lipinski definition) is 1. The van der Waals surface area contributed by atoms with Gasteiger partial charge in [0.1, 0.15) is 0 Å². The van der Waals surface area contributed by atoms with Crippen LogP contribution in [0.5, 0.6) is 0 Å². The van der Waals surface area contributed by atoms with Gasteiger partial charge in [0.25, 0.3) is 0 Å². The number of piperidine rings is 1. The molecule has 1 heteroatoms. The molecule has 3 rings (SSSR count). The van der Waals surface area contributed by atoms with Crippen molar-refractivity contribution in [2.24, 2.45) is 5.41 Å². The molecule has 0 aromatic heterocycles. The standard InChI is InChI=1S/C16H21N/c1-16(2)11-13-5-3-4-6-14(13)15(16)12-7-9-17-10-8-12/h3-6,17H,7-11H2,1-2H3. The molecule has 0 radical (unpaired) electrons. The van der Waals surface area contributed by atoms with Gasteiger partial charge in [0.2, 0.25) is 0 Å². The van der Waals surface area contributed by atoms with Crippen LogP contribution in [0, 0.1) is 5.41 Å². The molecule has 1 aromatic rings. The summed E-state index contributed by atoms with van der Waals surface area (Å²) in [5, 5.41) is 3.46. The van der Waals surface area contributed by atoms with Gasteiger partial charge in [-0.2, -0.15) is 0 Å². The van der Waals surface area contributed by atoms with Crippen LogP contribution in [-0.2, 0) is 6.42 Å². The smallest absolute Gasteiger partial charge is 0.00112 e. The molecular weight excluding hydrogens is 206 g/mol. The summed E-state index contributed by atoms with van der Waals surface area (Å²) in [6, 6.07) is 8.97. The van der Waals surface area contributed by atoms with Gasteiger partial charge < -0.3 is 5.32 Å². The van der Waals surface area contributed by atoms with Gasteiger partial charge in [0.05, 0.1) is 0 Å². The molecule has 1 N–H and O–H groups in total. The van der Waals surface area contributed by atoms with Gasteiger partial charge >= 0.3 is 0 Å². The van der Waals surface area contributed by atoms with Crippen molar-refractivity contribution in [3.63, 3.8) is 0 Å². The highest BCUT2D eigenvalue weighted by atomic mass is 14.9. The minimum absolute atomic E-state index is 0.330. The van der Waals surface area contributed by atoms with Crippen molar-refractivity contribution >= 4 is 5.57 Å². The maximum atomic E-state index is 3.46. The number of rotatable bonds is 0. The van der Waals surface area contributed by atoms with Gasteiger partial charge in [0, 0.05) is 0 Å². The first-order valence-electron chi connectivity index (χ1n) is 6.70. The van der Waals surface area contributed by atoms with E-state index >= 15 is 0 Å². The van der Waals surface area contributed by atoms with Gasteiger partial charge in [-0.1, -0.05) is 43.7 Å². The molecule has 0 atom stereocenters. The predicted molar refractivity (Wildman–Crippen MR) is 73.0 cm³/mol. The normalized spacial score (nSPS) is 22.7. The van der Waals surface area contributed by atoms with E-state index in [0.29, 0.717) is 5.41 Å². The average Bonchev–Trinajstić information content (AvgIpc) is 2.60. The van der Waals surface area contributed by atoms with Crippen molar-refractivity contribution in [2.45, 2.75) is 33.1 Å². The maximum absolute atomic E-state index is 3.46. The summed E-state index contributed by atoms with van der Waals surface area (Å²) in [7, 11) is 0. The number of benzene rings is 1. The first-order valence-corrected chi connectivity index (χ1v) is 6.70. The molecule has 1 fully saturated rings. The summed E-state index contributed by atoms with van der Waals surface area (Å²) in [5.41, 5.74) is 6.73. The van der Waals surface area contributed by atoms with Gasteiger partial charge in [-0.25, -0.2) is 0 Å². The van der Waals surface area contributed by atoms with Crippen LogP contribution < -0.4 is 5.32 Å². The van der Waals surface area contributed by atoms with Crippen LogP contribution in [0.25, 0.3) is 5.57 Å². The number of nitrogens with one attached hydrogen (secondary N) is 1. The minimum Gasteiger partial charge on any atom is -0.316 e. The lowest BCUT2D eigenvalue weighted by Gasteiger charge is -2.27. The Morgan fingerprint density at radius 3 is 2.53 bits per heavy atom. The molecule has 0 bridgehead atoms. The second kappa shape index (κ2) is 3.99. The van der Waals surface area contributed by atoms with E-state index in [1.54, 1.807) is 16.7 Å². The molecule has 0 saturated carbocycles. The molecule has 1 heterocycles. The largest absolute Gasteiger partial charge is 0.316 e.